The van der Waals surface area contributed by atoms with Crippen LogP contribution in [0.2, 0.25) is 0 Å². The van der Waals surface area contributed by atoms with Gasteiger partial charge in [-0.25, -0.2) is 4.98 Å². The molecule has 1 aromatic heterocycles. The number of piperidine rings is 1. The van der Waals surface area contributed by atoms with Crippen molar-refractivity contribution in [1.29, 1.82) is 0 Å². The molecular weight excluding hydrogens is 420 g/mol. The van der Waals surface area contributed by atoms with Gasteiger partial charge in [0, 0.05) is 54.5 Å². The molecule has 6 nitrogen and oxygen atoms in total. The Morgan fingerprint density at radius 1 is 0.765 bits per heavy atom. The highest BCUT2D eigenvalue weighted by Crippen LogP contribution is 2.27. The fraction of sp³-hybridized carbons (Fsp3) is 0.393. The molecule has 0 spiro atoms. The topological polar surface area (TPSA) is 92.2 Å². The van der Waals surface area contributed by atoms with Gasteiger partial charge in [-0.15, -0.1) is 0 Å². The largest absolute Gasteiger partial charge is 0.399 e. The predicted octanol–water partition coefficient (Wildman–Crippen LogP) is 4.89. The quantitative estimate of drug-likeness (QED) is 0.395. The number of hydrogen-bond acceptors (Lipinski definition) is 6. The number of pyridine rings is 1. The second-order valence-electron chi connectivity index (χ2n) is 9.74. The van der Waals surface area contributed by atoms with Crippen LogP contribution in [0.25, 0.3) is 11.1 Å². The summed E-state index contributed by atoms with van der Waals surface area (Å²) in [7, 11) is 0. The Labute approximate surface area is 202 Å². The average molecular weight is 457 g/mol. The van der Waals surface area contributed by atoms with Crippen LogP contribution in [-0.4, -0.2) is 36.2 Å². The summed E-state index contributed by atoms with van der Waals surface area (Å²) in [5.41, 5.74) is 16.9. The molecule has 6 N–H and O–H groups in total. The van der Waals surface area contributed by atoms with Crippen LogP contribution in [0.15, 0.2) is 66.9 Å². The third-order valence-corrected chi connectivity index (χ3v) is 7.23. The van der Waals surface area contributed by atoms with Gasteiger partial charge in [0.25, 0.3) is 0 Å². The normalized spacial score (nSPS) is 22.9. The van der Waals surface area contributed by atoms with Crippen molar-refractivity contribution >= 4 is 22.9 Å². The predicted molar refractivity (Wildman–Crippen MR) is 143 cm³/mol. The molecule has 1 aliphatic carbocycles. The lowest BCUT2D eigenvalue weighted by atomic mass is 9.89. The van der Waals surface area contributed by atoms with Crippen molar-refractivity contribution in [3.05, 3.63) is 66.9 Å². The molecule has 5 rings (SSSR count). The van der Waals surface area contributed by atoms with E-state index < -0.39 is 0 Å². The number of rotatable bonds is 6. The Morgan fingerprint density at radius 2 is 1.47 bits per heavy atom. The monoisotopic (exact) mass is 456 g/mol. The van der Waals surface area contributed by atoms with E-state index in [0.717, 1.165) is 41.4 Å². The summed E-state index contributed by atoms with van der Waals surface area (Å²) >= 11 is 0. The van der Waals surface area contributed by atoms with Crippen molar-refractivity contribution in [2.45, 2.75) is 56.7 Å². The fourth-order valence-corrected chi connectivity index (χ4v) is 5.39. The molecular formula is C28H36N6. The Morgan fingerprint density at radius 3 is 2.24 bits per heavy atom. The summed E-state index contributed by atoms with van der Waals surface area (Å²) in [5, 5.41) is 7.79. The van der Waals surface area contributed by atoms with Crippen LogP contribution < -0.4 is 27.0 Å². The van der Waals surface area contributed by atoms with Crippen LogP contribution in [0.1, 0.15) is 38.5 Å². The number of nitrogens with zero attached hydrogens (tertiary/aromatic N) is 2. The summed E-state index contributed by atoms with van der Waals surface area (Å²) in [4.78, 5) is 7.12. The van der Waals surface area contributed by atoms with E-state index in [1.54, 1.807) is 0 Å². The first-order chi connectivity index (χ1) is 16.6. The number of anilines is 4. The van der Waals surface area contributed by atoms with Crippen LogP contribution in [0.5, 0.6) is 0 Å². The van der Waals surface area contributed by atoms with E-state index in [9.17, 15) is 0 Å². The highest BCUT2D eigenvalue weighted by atomic mass is 15.2. The third kappa shape index (κ3) is 5.45. The number of aromatic nitrogens is 1. The van der Waals surface area contributed by atoms with E-state index in [1.165, 1.54) is 44.2 Å². The lowest BCUT2D eigenvalue weighted by Crippen LogP contribution is -2.54. The van der Waals surface area contributed by atoms with Gasteiger partial charge in [0.05, 0.1) is 0 Å². The van der Waals surface area contributed by atoms with Gasteiger partial charge in [-0.05, 0) is 85.3 Å². The van der Waals surface area contributed by atoms with Crippen molar-refractivity contribution < 1.29 is 0 Å². The average Bonchev–Trinajstić information content (AvgIpc) is 2.86. The van der Waals surface area contributed by atoms with Gasteiger partial charge >= 0.3 is 0 Å². The van der Waals surface area contributed by atoms with Crippen LogP contribution in [0.3, 0.4) is 0 Å². The smallest absolute Gasteiger partial charge is 0.126 e. The SMILES string of the molecule is Nc1ccc(-c2ccnc(N[C@@H]3CCCC[C@H]3N[C@H]3CCCN(c4ccc(N)cc4)C3)c2)cc1. The van der Waals surface area contributed by atoms with Gasteiger partial charge in [0.15, 0.2) is 0 Å². The highest BCUT2D eigenvalue weighted by molar-refractivity contribution is 5.68. The van der Waals surface area contributed by atoms with Crippen molar-refractivity contribution in [3.63, 3.8) is 0 Å². The molecule has 0 amide bonds. The second-order valence-corrected chi connectivity index (χ2v) is 9.74. The molecule has 1 saturated carbocycles. The molecule has 0 bridgehead atoms. The van der Waals surface area contributed by atoms with Gasteiger partial charge in [-0.1, -0.05) is 25.0 Å². The molecule has 3 atom stereocenters. The zero-order chi connectivity index (χ0) is 23.3. The van der Waals surface area contributed by atoms with Crippen molar-refractivity contribution in [3.8, 4) is 11.1 Å². The molecule has 2 aromatic carbocycles. The van der Waals surface area contributed by atoms with Gasteiger partial charge in [-0.2, -0.15) is 0 Å². The molecule has 1 saturated heterocycles. The van der Waals surface area contributed by atoms with Gasteiger partial charge in [0.1, 0.15) is 5.82 Å². The summed E-state index contributed by atoms with van der Waals surface area (Å²) in [6.07, 6.45) is 9.23. The maximum atomic E-state index is 5.89. The summed E-state index contributed by atoms with van der Waals surface area (Å²) in [6.45, 7) is 2.15. The minimum atomic E-state index is 0.384. The highest BCUT2D eigenvalue weighted by Gasteiger charge is 2.29. The van der Waals surface area contributed by atoms with Crippen molar-refractivity contribution in [2.75, 3.05) is 34.8 Å². The molecule has 0 radical (unpaired) electrons. The van der Waals surface area contributed by atoms with E-state index in [-0.39, 0.29) is 0 Å². The van der Waals surface area contributed by atoms with E-state index in [0.29, 0.717) is 18.1 Å². The van der Waals surface area contributed by atoms with Crippen LogP contribution in [0.4, 0.5) is 22.9 Å². The molecule has 3 aromatic rings. The van der Waals surface area contributed by atoms with E-state index in [2.05, 4.69) is 56.9 Å². The maximum Gasteiger partial charge on any atom is 0.126 e. The summed E-state index contributed by atoms with van der Waals surface area (Å²) < 4.78 is 0. The number of nitrogens with two attached hydrogens (primary N) is 2. The number of nitrogen functional groups attached to an aromatic ring is 2. The first-order valence-electron chi connectivity index (χ1n) is 12.6. The van der Waals surface area contributed by atoms with E-state index in [4.69, 9.17) is 11.5 Å². The minimum Gasteiger partial charge on any atom is -0.399 e. The molecule has 34 heavy (non-hydrogen) atoms. The van der Waals surface area contributed by atoms with Crippen LogP contribution >= 0.6 is 0 Å². The first-order valence-corrected chi connectivity index (χ1v) is 12.6. The number of nitrogens with one attached hydrogen (secondary N) is 2. The van der Waals surface area contributed by atoms with Crippen LogP contribution in [-0.2, 0) is 0 Å². The molecule has 2 fully saturated rings. The Hall–Kier alpha value is -3.25. The molecule has 0 unspecified atom stereocenters. The molecule has 2 aliphatic rings. The van der Waals surface area contributed by atoms with Gasteiger partial charge in [0.2, 0.25) is 0 Å². The molecule has 6 heteroatoms. The lowest BCUT2D eigenvalue weighted by Gasteiger charge is -2.40. The zero-order valence-corrected chi connectivity index (χ0v) is 19.8. The van der Waals surface area contributed by atoms with E-state index in [1.807, 2.05) is 30.5 Å². The molecule has 2 heterocycles. The Balaban J connectivity index is 1.24. The first kappa shape index (κ1) is 22.5. The van der Waals surface area contributed by atoms with Crippen molar-refractivity contribution in [2.24, 2.45) is 0 Å². The summed E-state index contributed by atoms with van der Waals surface area (Å²) in [5.74, 6) is 0.945. The third-order valence-electron chi connectivity index (χ3n) is 7.23. The lowest BCUT2D eigenvalue weighted by molar-refractivity contribution is 0.293. The standard InChI is InChI=1S/C28H36N6/c29-22-9-7-20(8-10-22)21-15-16-31-28(18-21)33-27-6-2-1-5-26(27)32-24-4-3-17-34(19-24)25-13-11-23(30)12-14-25/h7-16,18,24,26-27,32H,1-6,17,19,29-30H2,(H,31,33)/t24-,26+,27+/m0/s1. The van der Waals surface area contributed by atoms with E-state index >= 15 is 0 Å². The second kappa shape index (κ2) is 10.3. The molecule has 1 aliphatic heterocycles. The summed E-state index contributed by atoms with van der Waals surface area (Å²) in [6, 6.07) is 21.8. The van der Waals surface area contributed by atoms with Crippen LogP contribution in [0, 0.1) is 0 Å². The molecule has 178 valence electrons. The Kier molecular flexibility index (Phi) is 6.86. The number of hydrogen-bond donors (Lipinski definition) is 4. The Bertz CT molecular complexity index is 1070. The van der Waals surface area contributed by atoms with Gasteiger partial charge < -0.3 is 27.0 Å². The van der Waals surface area contributed by atoms with Gasteiger partial charge in [-0.3, -0.25) is 0 Å². The zero-order valence-electron chi connectivity index (χ0n) is 19.8. The fourth-order valence-electron chi connectivity index (χ4n) is 5.39. The maximum absolute atomic E-state index is 5.89. The van der Waals surface area contributed by atoms with Crippen molar-refractivity contribution in [1.82, 2.24) is 10.3 Å². The minimum absolute atomic E-state index is 0.384. The number of benzene rings is 2.